The van der Waals surface area contributed by atoms with Gasteiger partial charge < -0.3 is 0 Å². The number of fused-ring (bicyclic) bond motifs is 9. The fourth-order valence-electron chi connectivity index (χ4n) is 8.96. The Labute approximate surface area is 351 Å². The van der Waals surface area contributed by atoms with E-state index in [4.69, 9.17) is 20.1 Å². The Morgan fingerprint density at radius 2 is 0.721 bits per heavy atom. The fraction of sp³-hybridized carbons (Fsp3) is 0. The van der Waals surface area contributed by atoms with E-state index in [0.29, 0.717) is 17.5 Å². The topological polar surface area (TPSA) is 56.0 Å². The van der Waals surface area contributed by atoms with Gasteiger partial charge in [-0.3, -0.25) is 0 Å². The first-order chi connectivity index (χ1) is 30.2. The molecule has 12 aromatic rings. The summed E-state index contributed by atoms with van der Waals surface area (Å²) in [5, 5.41) is 15.0. The highest BCUT2D eigenvalue weighted by Gasteiger charge is 2.22. The van der Waals surface area contributed by atoms with Gasteiger partial charge in [-0.1, -0.05) is 200 Å². The molecule has 284 valence electrons. The normalized spacial score (nSPS) is 11.6. The minimum absolute atomic E-state index is 0.606. The second-order valence-corrected chi connectivity index (χ2v) is 15.4. The Hall–Kier alpha value is -8.28. The SMILES string of the molecule is c1ccc(-c2nc(-c3ccc(-c4nn5c(-c6ccccc6)cc6ccccc6c5c4-c4ccccc4)cc3)nc(-c3ccc4c5ccccc5c5ccccc5c4c3)n2)cc1. The Morgan fingerprint density at radius 1 is 0.295 bits per heavy atom. The number of aromatic nitrogens is 5. The van der Waals surface area contributed by atoms with Gasteiger partial charge in [-0.2, -0.15) is 5.10 Å². The van der Waals surface area contributed by atoms with Gasteiger partial charge >= 0.3 is 0 Å². The largest absolute Gasteiger partial charge is 0.231 e. The molecule has 0 aliphatic carbocycles. The third-order valence-corrected chi connectivity index (χ3v) is 11.8. The number of rotatable bonds is 6. The minimum atomic E-state index is 0.606. The molecule has 3 aromatic heterocycles. The number of hydrogen-bond donors (Lipinski definition) is 0. The monoisotopic (exact) mass is 777 g/mol. The molecule has 0 amide bonds. The molecular formula is C56H35N5. The molecule has 0 spiro atoms. The highest BCUT2D eigenvalue weighted by Crippen LogP contribution is 2.42. The summed E-state index contributed by atoms with van der Waals surface area (Å²) in [4.78, 5) is 15.4. The number of pyridine rings is 1. The molecule has 3 heterocycles. The third-order valence-electron chi connectivity index (χ3n) is 11.8. The summed E-state index contributed by atoms with van der Waals surface area (Å²) in [6.07, 6.45) is 0. The first-order valence-electron chi connectivity index (χ1n) is 20.6. The van der Waals surface area contributed by atoms with Crippen molar-refractivity contribution in [2.45, 2.75) is 0 Å². The van der Waals surface area contributed by atoms with Crippen LogP contribution in [0.5, 0.6) is 0 Å². The van der Waals surface area contributed by atoms with Crippen molar-refractivity contribution in [3.63, 3.8) is 0 Å². The van der Waals surface area contributed by atoms with Crippen LogP contribution in [0.3, 0.4) is 0 Å². The zero-order valence-electron chi connectivity index (χ0n) is 32.9. The summed E-state index contributed by atoms with van der Waals surface area (Å²) >= 11 is 0. The van der Waals surface area contributed by atoms with Crippen molar-refractivity contribution in [2.75, 3.05) is 0 Å². The van der Waals surface area contributed by atoms with Crippen molar-refractivity contribution in [2.24, 2.45) is 0 Å². The van der Waals surface area contributed by atoms with Crippen LogP contribution in [0.2, 0.25) is 0 Å². The van der Waals surface area contributed by atoms with Crippen LogP contribution in [-0.2, 0) is 0 Å². The fourth-order valence-corrected chi connectivity index (χ4v) is 8.96. The van der Waals surface area contributed by atoms with Crippen molar-refractivity contribution in [1.29, 1.82) is 0 Å². The Balaban J connectivity index is 1.03. The quantitative estimate of drug-likeness (QED) is 0.158. The smallest absolute Gasteiger partial charge is 0.164 e. The van der Waals surface area contributed by atoms with Crippen molar-refractivity contribution in [3.8, 4) is 67.8 Å². The molecule has 0 radical (unpaired) electrons. The summed E-state index contributed by atoms with van der Waals surface area (Å²) in [5.41, 5.74) is 10.1. The highest BCUT2D eigenvalue weighted by atomic mass is 15.2. The van der Waals surface area contributed by atoms with Crippen molar-refractivity contribution in [1.82, 2.24) is 24.6 Å². The summed E-state index contributed by atoms with van der Waals surface area (Å²) in [5.74, 6) is 1.86. The molecule has 0 saturated heterocycles. The lowest BCUT2D eigenvalue weighted by Gasteiger charge is -2.12. The number of benzene rings is 9. The van der Waals surface area contributed by atoms with Crippen LogP contribution in [-0.4, -0.2) is 24.6 Å². The molecule has 0 aliphatic heterocycles. The van der Waals surface area contributed by atoms with Gasteiger partial charge in [0.25, 0.3) is 0 Å². The van der Waals surface area contributed by atoms with E-state index in [0.717, 1.165) is 61.2 Å². The van der Waals surface area contributed by atoms with E-state index < -0.39 is 0 Å². The zero-order valence-corrected chi connectivity index (χ0v) is 32.9. The van der Waals surface area contributed by atoms with E-state index >= 15 is 0 Å². The molecule has 0 fully saturated rings. The first-order valence-corrected chi connectivity index (χ1v) is 20.6. The zero-order chi connectivity index (χ0) is 40.3. The van der Waals surface area contributed by atoms with E-state index in [9.17, 15) is 0 Å². The van der Waals surface area contributed by atoms with Gasteiger partial charge in [0.1, 0.15) is 5.69 Å². The lowest BCUT2D eigenvalue weighted by molar-refractivity contribution is 0.979. The van der Waals surface area contributed by atoms with E-state index in [1.54, 1.807) is 0 Å². The van der Waals surface area contributed by atoms with Gasteiger partial charge in [-0.05, 0) is 55.4 Å². The summed E-state index contributed by atoms with van der Waals surface area (Å²) in [6, 6.07) is 74.5. The standard InChI is InChI=1S/C56H35N5/c1-4-16-36(17-5-1)50-35-41-22-10-11-23-43(41)53-51(37-18-6-2-7-19-37)52(60-61(50)53)38-28-30-40(31-29-38)55-57-54(39-20-8-3-9-21-39)58-56(59-55)42-32-33-48-46-26-13-12-24-44(46)45-25-14-15-27-47(45)49(48)34-42/h1-35H. The molecule has 12 rings (SSSR count). The molecule has 61 heavy (non-hydrogen) atoms. The van der Waals surface area contributed by atoms with Crippen LogP contribution < -0.4 is 0 Å². The highest BCUT2D eigenvalue weighted by molar-refractivity contribution is 6.25. The van der Waals surface area contributed by atoms with Crippen LogP contribution in [0.25, 0.3) is 116 Å². The average molecular weight is 778 g/mol. The van der Waals surface area contributed by atoms with Gasteiger partial charge in [-0.15, -0.1) is 0 Å². The predicted octanol–water partition coefficient (Wildman–Crippen LogP) is 14.1. The maximum Gasteiger partial charge on any atom is 0.164 e. The second kappa shape index (κ2) is 14.2. The van der Waals surface area contributed by atoms with Gasteiger partial charge in [-0.25, -0.2) is 19.5 Å². The van der Waals surface area contributed by atoms with Crippen LogP contribution in [0, 0.1) is 0 Å². The van der Waals surface area contributed by atoms with Gasteiger partial charge in [0.15, 0.2) is 17.5 Å². The molecule has 0 N–H and O–H groups in total. The summed E-state index contributed by atoms with van der Waals surface area (Å²) in [6.45, 7) is 0. The lowest BCUT2D eigenvalue weighted by Crippen LogP contribution is -2.00. The van der Waals surface area contributed by atoms with E-state index in [2.05, 4.69) is 187 Å². The van der Waals surface area contributed by atoms with E-state index in [1.165, 1.54) is 37.7 Å². The van der Waals surface area contributed by atoms with Crippen molar-refractivity contribution in [3.05, 3.63) is 212 Å². The predicted molar refractivity (Wildman–Crippen MR) is 251 cm³/mol. The molecule has 0 atom stereocenters. The molecule has 5 nitrogen and oxygen atoms in total. The molecule has 0 bridgehead atoms. The summed E-state index contributed by atoms with van der Waals surface area (Å²) in [7, 11) is 0. The molecule has 9 aromatic carbocycles. The van der Waals surface area contributed by atoms with Gasteiger partial charge in [0.2, 0.25) is 0 Å². The molecule has 0 unspecified atom stereocenters. The Morgan fingerprint density at radius 3 is 1.33 bits per heavy atom. The molecule has 0 aliphatic rings. The van der Waals surface area contributed by atoms with Crippen molar-refractivity contribution < 1.29 is 0 Å². The summed E-state index contributed by atoms with van der Waals surface area (Å²) < 4.78 is 2.13. The van der Waals surface area contributed by atoms with Crippen LogP contribution in [0.1, 0.15) is 0 Å². The number of nitrogens with zero attached hydrogens (tertiary/aromatic N) is 5. The van der Waals surface area contributed by atoms with Gasteiger partial charge in [0, 0.05) is 38.8 Å². The van der Waals surface area contributed by atoms with E-state index in [1.807, 2.05) is 30.3 Å². The van der Waals surface area contributed by atoms with E-state index in [-0.39, 0.29) is 0 Å². The van der Waals surface area contributed by atoms with Crippen molar-refractivity contribution >= 4 is 48.6 Å². The number of hydrogen-bond acceptors (Lipinski definition) is 4. The second-order valence-electron chi connectivity index (χ2n) is 15.4. The Bertz CT molecular complexity index is 3580. The molecule has 5 heteroatoms. The maximum absolute atomic E-state index is 5.44. The Kier molecular flexibility index (Phi) is 8.10. The lowest BCUT2D eigenvalue weighted by atomic mass is 9.93. The third kappa shape index (κ3) is 5.86. The van der Waals surface area contributed by atoms with Gasteiger partial charge in [0.05, 0.1) is 11.2 Å². The van der Waals surface area contributed by atoms with Crippen LogP contribution in [0.4, 0.5) is 0 Å². The average Bonchev–Trinajstić information content (AvgIpc) is 3.76. The molecule has 0 saturated carbocycles. The van der Waals surface area contributed by atoms with Crippen LogP contribution in [0.15, 0.2) is 212 Å². The minimum Gasteiger partial charge on any atom is -0.231 e. The first kappa shape index (κ1) is 34.7. The maximum atomic E-state index is 5.44. The van der Waals surface area contributed by atoms with Crippen LogP contribution >= 0.6 is 0 Å². The molecular weight excluding hydrogens is 743 g/mol.